The normalized spacial score (nSPS) is 13.4. The van der Waals surface area contributed by atoms with Gasteiger partial charge in [0.15, 0.2) is 11.5 Å². The number of nitrogens with zero attached hydrogens (tertiary/aromatic N) is 2. The summed E-state index contributed by atoms with van der Waals surface area (Å²) in [5.74, 6) is -0.442. The molecule has 0 aromatic heterocycles. The Balaban J connectivity index is 1.55. The zero-order valence-corrected chi connectivity index (χ0v) is 24.8. The molecule has 0 aliphatic carbocycles. The van der Waals surface area contributed by atoms with Crippen molar-refractivity contribution in [2.24, 2.45) is 0 Å². The molecule has 4 aromatic carbocycles. The molecule has 1 fully saturated rings. The number of halogens is 2. The predicted octanol–water partition coefficient (Wildman–Crippen LogP) is 7.51. The third-order valence-corrected chi connectivity index (χ3v) is 7.23. The summed E-state index contributed by atoms with van der Waals surface area (Å²) in [7, 11) is 0. The quantitative estimate of drug-likeness (QED) is 0.110. The third kappa shape index (κ3) is 6.13. The first-order chi connectivity index (χ1) is 19.9. The Hall–Kier alpha value is -4.15. The van der Waals surface area contributed by atoms with Gasteiger partial charge in [-0.15, -0.1) is 0 Å². The molecule has 7 nitrogen and oxygen atoms in total. The summed E-state index contributed by atoms with van der Waals surface area (Å²) in [5, 5.41) is 0.613. The van der Waals surface area contributed by atoms with Crippen molar-refractivity contribution in [2.45, 2.75) is 13.5 Å². The molecular formula is C32H24ClIN2O5. The highest BCUT2D eigenvalue weighted by Gasteiger charge is 2.43. The summed E-state index contributed by atoms with van der Waals surface area (Å²) in [6.45, 7) is 2.50. The number of urea groups is 1. The lowest BCUT2D eigenvalue weighted by Gasteiger charge is -2.34. The molecule has 0 spiro atoms. The van der Waals surface area contributed by atoms with E-state index in [9.17, 15) is 14.4 Å². The standard InChI is InChI=1S/C32H24ClIN2O5/c1-2-40-28-19-22(18-27(34)29(28)41-20-21-10-9-11-23(33)16-21)17-26-30(37)35(24-12-5-3-6-13-24)32(39)36(31(26)38)25-14-7-4-8-15-25/h3-19H,2,20H2,1H3. The van der Waals surface area contributed by atoms with E-state index >= 15 is 0 Å². The molecule has 41 heavy (non-hydrogen) atoms. The molecule has 0 unspecified atom stereocenters. The van der Waals surface area contributed by atoms with Gasteiger partial charge < -0.3 is 9.47 Å². The van der Waals surface area contributed by atoms with Gasteiger partial charge in [0.05, 0.1) is 21.6 Å². The van der Waals surface area contributed by atoms with Gasteiger partial charge in [0, 0.05) is 5.02 Å². The van der Waals surface area contributed by atoms with Crippen molar-refractivity contribution in [1.82, 2.24) is 0 Å². The Morgan fingerprint density at radius 1 is 0.780 bits per heavy atom. The molecule has 5 rings (SSSR count). The SMILES string of the molecule is CCOc1cc(C=C2C(=O)N(c3ccccc3)C(=O)N(c3ccccc3)C2=O)cc(I)c1OCc1cccc(Cl)c1. The average molecular weight is 679 g/mol. The number of ether oxygens (including phenoxy) is 2. The predicted molar refractivity (Wildman–Crippen MR) is 167 cm³/mol. The molecule has 206 valence electrons. The molecule has 4 aromatic rings. The molecule has 9 heteroatoms. The molecule has 4 amide bonds. The topological polar surface area (TPSA) is 76.2 Å². The van der Waals surface area contributed by atoms with Crippen molar-refractivity contribution in [1.29, 1.82) is 0 Å². The molecule has 1 saturated heterocycles. The highest BCUT2D eigenvalue weighted by Crippen LogP contribution is 2.37. The van der Waals surface area contributed by atoms with Gasteiger partial charge >= 0.3 is 6.03 Å². The minimum Gasteiger partial charge on any atom is -0.490 e. The number of para-hydroxylation sites is 2. The van der Waals surface area contributed by atoms with Crippen LogP contribution < -0.4 is 19.3 Å². The van der Waals surface area contributed by atoms with E-state index in [2.05, 4.69) is 22.6 Å². The summed E-state index contributed by atoms with van der Waals surface area (Å²) < 4.78 is 12.7. The van der Waals surface area contributed by atoms with E-state index in [0.29, 0.717) is 43.6 Å². The second-order valence-corrected chi connectivity index (χ2v) is 10.6. The van der Waals surface area contributed by atoms with Gasteiger partial charge in [0.25, 0.3) is 11.8 Å². The highest BCUT2D eigenvalue weighted by molar-refractivity contribution is 14.1. The van der Waals surface area contributed by atoms with Crippen LogP contribution in [0, 0.1) is 3.57 Å². The average Bonchev–Trinajstić information content (AvgIpc) is 2.96. The van der Waals surface area contributed by atoms with Crippen molar-refractivity contribution in [2.75, 3.05) is 16.4 Å². The Morgan fingerprint density at radius 2 is 1.39 bits per heavy atom. The molecular weight excluding hydrogens is 655 g/mol. The lowest BCUT2D eigenvalue weighted by molar-refractivity contribution is -0.121. The second kappa shape index (κ2) is 12.6. The van der Waals surface area contributed by atoms with Crippen molar-refractivity contribution >= 4 is 69.5 Å². The van der Waals surface area contributed by atoms with Crippen molar-refractivity contribution < 1.29 is 23.9 Å². The van der Waals surface area contributed by atoms with Gasteiger partial charge in [0.2, 0.25) is 0 Å². The number of hydrogen-bond donors (Lipinski definition) is 0. The van der Waals surface area contributed by atoms with Gasteiger partial charge in [-0.1, -0.05) is 60.1 Å². The zero-order valence-electron chi connectivity index (χ0n) is 21.9. The number of barbiturate groups is 1. The molecule has 1 heterocycles. The van der Waals surface area contributed by atoms with Gasteiger partial charge in [-0.25, -0.2) is 14.6 Å². The minimum atomic E-state index is -0.746. The first-order valence-corrected chi connectivity index (χ1v) is 14.2. The summed E-state index contributed by atoms with van der Waals surface area (Å²) in [6, 6.07) is 27.2. The van der Waals surface area contributed by atoms with Crippen LogP contribution in [0.1, 0.15) is 18.1 Å². The molecule has 0 N–H and O–H groups in total. The largest absolute Gasteiger partial charge is 0.490 e. The number of imide groups is 2. The Kier molecular flexibility index (Phi) is 8.70. The van der Waals surface area contributed by atoms with Gasteiger partial charge in [-0.05, 0) is 95.2 Å². The van der Waals surface area contributed by atoms with Crippen LogP contribution in [0.4, 0.5) is 16.2 Å². The maximum Gasteiger partial charge on any atom is 0.343 e. The van der Waals surface area contributed by atoms with Gasteiger partial charge in [-0.3, -0.25) is 9.59 Å². The zero-order chi connectivity index (χ0) is 28.9. The Labute approximate surface area is 256 Å². The Bertz CT molecular complexity index is 1580. The molecule has 0 radical (unpaired) electrons. The molecule has 0 bridgehead atoms. The van der Waals surface area contributed by atoms with Gasteiger partial charge in [-0.2, -0.15) is 0 Å². The van der Waals surface area contributed by atoms with Crippen molar-refractivity contribution in [3.05, 3.63) is 122 Å². The van der Waals surface area contributed by atoms with Crippen molar-refractivity contribution in [3.8, 4) is 11.5 Å². The highest BCUT2D eigenvalue weighted by atomic mass is 127. The van der Waals surface area contributed by atoms with Crippen LogP contribution in [0.5, 0.6) is 11.5 Å². The van der Waals surface area contributed by atoms with Crippen LogP contribution in [-0.2, 0) is 16.2 Å². The number of carbonyl (C=O) groups excluding carboxylic acids is 3. The number of carbonyl (C=O) groups is 3. The van der Waals surface area contributed by atoms with E-state index in [-0.39, 0.29) is 12.2 Å². The van der Waals surface area contributed by atoms with E-state index in [1.54, 1.807) is 78.9 Å². The van der Waals surface area contributed by atoms with Crippen LogP contribution in [0.3, 0.4) is 0 Å². The maximum absolute atomic E-state index is 13.7. The fourth-order valence-corrected chi connectivity index (χ4v) is 5.36. The molecule has 0 saturated carbocycles. The lowest BCUT2D eigenvalue weighted by Crippen LogP contribution is -2.57. The van der Waals surface area contributed by atoms with E-state index < -0.39 is 17.8 Å². The van der Waals surface area contributed by atoms with E-state index in [0.717, 1.165) is 15.4 Å². The lowest BCUT2D eigenvalue weighted by atomic mass is 10.0. The summed E-state index contributed by atoms with van der Waals surface area (Å²) in [6.07, 6.45) is 1.48. The van der Waals surface area contributed by atoms with Crippen LogP contribution in [0.15, 0.2) is 103 Å². The third-order valence-electron chi connectivity index (χ3n) is 6.19. The van der Waals surface area contributed by atoms with E-state index in [1.165, 1.54) is 6.08 Å². The number of hydrogen-bond acceptors (Lipinski definition) is 5. The summed E-state index contributed by atoms with van der Waals surface area (Å²) in [5.41, 5.74) is 1.99. The fourth-order valence-electron chi connectivity index (χ4n) is 4.36. The van der Waals surface area contributed by atoms with Gasteiger partial charge in [0.1, 0.15) is 12.2 Å². The number of benzene rings is 4. The number of anilines is 2. The first kappa shape index (κ1) is 28.4. The molecule has 1 aliphatic rings. The second-order valence-electron chi connectivity index (χ2n) is 8.97. The molecule has 0 atom stereocenters. The fraction of sp³-hybridized carbons (Fsp3) is 0.0938. The Morgan fingerprint density at radius 3 is 1.95 bits per heavy atom. The molecule has 1 aliphatic heterocycles. The van der Waals surface area contributed by atoms with Crippen LogP contribution in [0.25, 0.3) is 6.08 Å². The van der Waals surface area contributed by atoms with Crippen LogP contribution in [0.2, 0.25) is 5.02 Å². The van der Waals surface area contributed by atoms with Crippen LogP contribution >= 0.6 is 34.2 Å². The smallest absolute Gasteiger partial charge is 0.343 e. The monoisotopic (exact) mass is 678 g/mol. The maximum atomic E-state index is 13.7. The summed E-state index contributed by atoms with van der Waals surface area (Å²) >= 11 is 8.24. The van der Waals surface area contributed by atoms with E-state index in [1.807, 2.05) is 25.1 Å². The van der Waals surface area contributed by atoms with Crippen LogP contribution in [-0.4, -0.2) is 24.5 Å². The number of amides is 4. The first-order valence-electron chi connectivity index (χ1n) is 12.8. The van der Waals surface area contributed by atoms with E-state index in [4.69, 9.17) is 21.1 Å². The van der Waals surface area contributed by atoms with Crippen molar-refractivity contribution in [3.63, 3.8) is 0 Å². The minimum absolute atomic E-state index is 0.164. The summed E-state index contributed by atoms with van der Waals surface area (Å²) in [4.78, 5) is 42.9. The number of rotatable bonds is 8.